The van der Waals surface area contributed by atoms with Gasteiger partial charge in [0.05, 0.1) is 4.90 Å². The van der Waals surface area contributed by atoms with Crippen molar-refractivity contribution in [3.05, 3.63) is 35.2 Å². The molecule has 0 radical (unpaired) electrons. The highest BCUT2D eigenvalue weighted by atomic mass is 32.2. The molecule has 0 bridgehead atoms. The lowest BCUT2D eigenvalue weighted by molar-refractivity contribution is 0.575. The fraction of sp³-hybridized carbons (Fsp3) is 0.467. The molecule has 0 heterocycles. The van der Waals surface area contributed by atoms with Crippen LogP contribution >= 0.6 is 0 Å². The van der Waals surface area contributed by atoms with Crippen LogP contribution in [0.2, 0.25) is 0 Å². The van der Waals surface area contributed by atoms with Crippen molar-refractivity contribution >= 4 is 15.7 Å². The second-order valence-electron chi connectivity index (χ2n) is 5.38. The summed E-state index contributed by atoms with van der Waals surface area (Å²) in [6, 6.07) is 2.30. The van der Waals surface area contributed by atoms with Crippen molar-refractivity contribution in [1.82, 2.24) is 4.72 Å². The Morgan fingerprint density at radius 3 is 2.71 bits per heavy atom. The van der Waals surface area contributed by atoms with Gasteiger partial charge in [-0.3, -0.25) is 0 Å². The zero-order chi connectivity index (χ0) is 15.5. The van der Waals surface area contributed by atoms with Gasteiger partial charge >= 0.3 is 0 Å². The second-order valence-corrected chi connectivity index (χ2v) is 7.14. The van der Waals surface area contributed by atoms with Gasteiger partial charge < -0.3 is 5.73 Å². The number of hydrogen-bond donors (Lipinski definition) is 2. The maximum Gasteiger partial charge on any atom is 0.240 e. The third-order valence-corrected chi connectivity index (χ3v) is 5.23. The summed E-state index contributed by atoms with van der Waals surface area (Å²) in [5.41, 5.74) is 7.32. The molecule has 2 rings (SSSR count). The molecule has 0 saturated heterocycles. The van der Waals surface area contributed by atoms with E-state index in [-0.39, 0.29) is 16.1 Å². The predicted octanol–water partition coefficient (Wildman–Crippen LogP) is 2.89. The summed E-state index contributed by atoms with van der Waals surface area (Å²) in [5.74, 6) is -0.606. The standard InChI is InChI=1S/C15H21FN2O2S/c1-11-14(16)9-13(10-15(11)17)21(19,20)18-8-7-12-5-3-2-4-6-12/h5,9-10,18H,2-4,6-8,17H2,1H3. The Morgan fingerprint density at radius 2 is 2.10 bits per heavy atom. The molecule has 4 nitrogen and oxygen atoms in total. The minimum Gasteiger partial charge on any atom is -0.398 e. The summed E-state index contributed by atoms with van der Waals surface area (Å²) in [4.78, 5) is -0.124. The number of allylic oxidation sites excluding steroid dienone is 1. The predicted molar refractivity (Wildman–Crippen MR) is 81.9 cm³/mol. The molecule has 3 N–H and O–H groups in total. The Morgan fingerprint density at radius 1 is 1.33 bits per heavy atom. The summed E-state index contributed by atoms with van der Waals surface area (Å²) in [7, 11) is -3.72. The maximum absolute atomic E-state index is 13.6. The number of nitrogen functional groups attached to an aromatic ring is 1. The van der Waals surface area contributed by atoms with E-state index < -0.39 is 15.8 Å². The van der Waals surface area contributed by atoms with Crippen LogP contribution in [0.1, 0.15) is 37.7 Å². The molecule has 0 amide bonds. The first kappa shape index (κ1) is 16.0. The summed E-state index contributed by atoms with van der Waals surface area (Å²) in [6.07, 6.45) is 7.36. The van der Waals surface area contributed by atoms with E-state index in [0.29, 0.717) is 13.0 Å². The number of hydrogen-bond acceptors (Lipinski definition) is 3. The fourth-order valence-corrected chi connectivity index (χ4v) is 3.47. The number of sulfonamides is 1. The van der Waals surface area contributed by atoms with E-state index in [9.17, 15) is 12.8 Å². The molecule has 0 spiro atoms. The number of rotatable bonds is 5. The molecule has 21 heavy (non-hydrogen) atoms. The third kappa shape index (κ3) is 4.04. The van der Waals surface area contributed by atoms with Crippen LogP contribution in [0.3, 0.4) is 0 Å². The van der Waals surface area contributed by atoms with Crippen LogP contribution in [0.5, 0.6) is 0 Å². The molecule has 116 valence electrons. The van der Waals surface area contributed by atoms with Crippen LogP contribution in [0, 0.1) is 12.7 Å². The zero-order valence-corrected chi connectivity index (χ0v) is 13.0. The van der Waals surface area contributed by atoms with Crippen LogP contribution in [0.25, 0.3) is 0 Å². The topological polar surface area (TPSA) is 72.2 Å². The third-order valence-electron chi connectivity index (χ3n) is 3.79. The van der Waals surface area contributed by atoms with Gasteiger partial charge in [0.1, 0.15) is 5.82 Å². The van der Waals surface area contributed by atoms with Crippen LogP contribution in [-0.2, 0) is 10.0 Å². The van der Waals surface area contributed by atoms with Crippen LogP contribution in [0.4, 0.5) is 10.1 Å². The average Bonchev–Trinajstić information content (AvgIpc) is 2.45. The van der Waals surface area contributed by atoms with Crippen LogP contribution in [0.15, 0.2) is 28.7 Å². The molecule has 0 aromatic heterocycles. The Hall–Kier alpha value is -1.40. The van der Waals surface area contributed by atoms with Gasteiger partial charge in [-0.1, -0.05) is 11.6 Å². The molecule has 0 unspecified atom stereocenters. The van der Waals surface area contributed by atoms with Gasteiger partial charge in [-0.15, -0.1) is 0 Å². The van der Waals surface area contributed by atoms with Crippen molar-refractivity contribution in [2.24, 2.45) is 0 Å². The summed E-state index contributed by atoms with van der Waals surface area (Å²) in [6.45, 7) is 1.84. The summed E-state index contributed by atoms with van der Waals surface area (Å²) < 4.78 is 40.4. The van der Waals surface area contributed by atoms with Crippen LogP contribution < -0.4 is 10.5 Å². The highest BCUT2D eigenvalue weighted by molar-refractivity contribution is 7.89. The van der Waals surface area contributed by atoms with E-state index in [2.05, 4.69) is 10.8 Å². The molecular formula is C15H21FN2O2S. The summed E-state index contributed by atoms with van der Waals surface area (Å²) >= 11 is 0. The molecule has 0 fully saturated rings. The Labute approximate surface area is 125 Å². The quantitative estimate of drug-likeness (QED) is 0.648. The number of nitrogens with two attached hydrogens (primary N) is 1. The van der Waals surface area contributed by atoms with Gasteiger partial charge in [0, 0.05) is 17.8 Å². The molecule has 0 aliphatic heterocycles. The number of halogens is 1. The summed E-state index contributed by atoms with van der Waals surface area (Å²) in [5, 5.41) is 0. The van der Waals surface area contributed by atoms with E-state index in [0.717, 1.165) is 25.3 Å². The van der Waals surface area contributed by atoms with Crippen molar-refractivity contribution in [2.75, 3.05) is 12.3 Å². The Bertz CT molecular complexity index is 631. The fourth-order valence-electron chi connectivity index (χ4n) is 2.39. The van der Waals surface area contributed by atoms with Gasteiger partial charge in [-0.2, -0.15) is 0 Å². The number of nitrogens with one attached hydrogen (secondary N) is 1. The van der Waals surface area contributed by atoms with E-state index in [1.165, 1.54) is 25.0 Å². The first-order chi connectivity index (χ1) is 9.90. The first-order valence-corrected chi connectivity index (χ1v) is 8.61. The van der Waals surface area contributed by atoms with Gasteiger partial charge in [0.2, 0.25) is 10.0 Å². The molecule has 6 heteroatoms. The second kappa shape index (κ2) is 6.58. The highest BCUT2D eigenvalue weighted by Crippen LogP contribution is 2.22. The lowest BCUT2D eigenvalue weighted by atomic mass is 9.97. The minimum absolute atomic E-state index is 0.124. The highest BCUT2D eigenvalue weighted by Gasteiger charge is 2.17. The molecule has 1 aromatic rings. The minimum atomic E-state index is -3.72. The zero-order valence-electron chi connectivity index (χ0n) is 12.2. The molecule has 0 saturated carbocycles. The SMILES string of the molecule is Cc1c(N)cc(S(=O)(=O)NCCC2=CCCCC2)cc1F. The van der Waals surface area contributed by atoms with E-state index in [1.807, 2.05) is 0 Å². The normalized spacial score (nSPS) is 15.8. The van der Waals surface area contributed by atoms with Crippen molar-refractivity contribution < 1.29 is 12.8 Å². The lowest BCUT2D eigenvalue weighted by Crippen LogP contribution is -2.25. The molecule has 1 aliphatic rings. The van der Waals surface area contributed by atoms with Crippen molar-refractivity contribution in [3.8, 4) is 0 Å². The van der Waals surface area contributed by atoms with E-state index >= 15 is 0 Å². The van der Waals surface area contributed by atoms with E-state index in [1.54, 1.807) is 0 Å². The number of benzene rings is 1. The maximum atomic E-state index is 13.6. The largest absolute Gasteiger partial charge is 0.398 e. The van der Waals surface area contributed by atoms with Crippen molar-refractivity contribution in [3.63, 3.8) is 0 Å². The van der Waals surface area contributed by atoms with E-state index in [4.69, 9.17) is 5.73 Å². The van der Waals surface area contributed by atoms with Crippen LogP contribution in [-0.4, -0.2) is 15.0 Å². The Kier molecular flexibility index (Phi) is 5.00. The van der Waals surface area contributed by atoms with Crippen molar-refractivity contribution in [2.45, 2.75) is 43.9 Å². The van der Waals surface area contributed by atoms with Crippen molar-refractivity contribution in [1.29, 1.82) is 0 Å². The molecular weight excluding hydrogens is 291 g/mol. The van der Waals surface area contributed by atoms with Gasteiger partial charge in [-0.05, 0) is 51.2 Å². The van der Waals surface area contributed by atoms with Gasteiger partial charge in [0.15, 0.2) is 0 Å². The smallest absolute Gasteiger partial charge is 0.240 e. The Balaban J connectivity index is 2.03. The number of anilines is 1. The monoisotopic (exact) mass is 312 g/mol. The lowest BCUT2D eigenvalue weighted by Gasteiger charge is -2.13. The van der Waals surface area contributed by atoms with Gasteiger partial charge in [-0.25, -0.2) is 17.5 Å². The first-order valence-electron chi connectivity index (χ1n) is 7.13. The van der Waals surface area contributed by atoms with Gasteiger partial charge in [0.25, 0.3) is 0 Å². The average molecular weight is 312 g/mol. The molecule has 1 aromatic carbocycles. The molecule has 0 atom stereocenters. The molecule has 1 aliphatic carbocycles.